The highest BCUT2D eigenvalue weighted by Gasteiger charge is 2.31. The summed E-state index contributed by atoms with van der Waals surface area (Å²) in [4.78, 5) is 2.88. The first kappa shape index (κ1) is 16.2. The minimum atomic E-state index is -4.82. The number of fused-ring (bicyclic) bond motifs is 1. The van der Waals surface area contributed by atoms with E-state index in [9.17, 15) is 26.3 Å². The molecule has 0 aliphatic carbocycles. The maximum absolute atomic E-state index is 12.7. The Morgan fingerprint density at radius 2 is 1.58 bits per heavy atom. The molecule has 0 saturated heterocycles. The van der Waals surface area contributed by atoms with Crippen LogP contribution in [0.15, 0.2) is 48.5 Å². The highest BCUT2D eigenvalue weighted by atomic mass is 19.4. The lowest BCUT2D eigenvalue weighted by atomic mass is 10.1. The lowest BCUT2D eigenvalue weighted by Gasteiger charge is -2.09. The van der Waals surface area contributed by atoms with E-state index in [1.165, 1.54) is 24.3 Å². The van der Waals surface area contributed by atoms with Crippen LogP contribution in [0, 0.1) is 0 Å². The second kappa shape index (κ2) is 5.47. The van der Waals surface area contributed by atoms with Gasteiger partial charge in [-0.3, -0.25) is 0 Å². The van der Waals surface area contributed by atoms with Crippen LogP contribution in [-0.4, -0.2) is 11.3 Å². The Balaban J connectivity index is 1.99. The van der Waals surface area contributed by atoms with Gasteiger partial charge in [0, 0.05) is 22.2 Å². The van der Waals surface area contributed by atoms with E-state index < -0.39 is 23.9 Å². The SMILES string of the molecule is FC(F)(F)Oc1cccc(-c2cc3cc(C(F)(F)F)ccc3[nH]2)c1. The molecule has 1 N–H and O–H groups in total. The molecule has 0 fully saturated rings. The molecule has 0 amide bonds. The summed E-state index contributed by atoms with van der Waals surface area (Å²) in [7, 11) is 0. The Labute approximate surface area is 131 Å². The first-order chi connectivity index (χ1) is 11.1. The van der Waals surface area contributed by atoms with Crippen molar-refractivity contribution in [3.8, 4) is 17.0 Å². The van der Waals surface area contributed by atoms with Gasteiger partial charge in [-0.1, -0.05) is 12.1 Å². The van der Waals surface area contributed by atoms with E-state index in [2.05, 4.69) is 9.72 Å². The number of ether oxygens (including phenoxy) is 1. The van der Waals surface area contributed by atoms with Crippen LogP contribution in [0.3, 0.4) is 0 Å². The summed E-state index contributed by atoms with van der Waals surface area (Å²) in [6, 6.07) is 9.82. The molecule has 2 nitrogen and oxygen atoms in total. The fraction of sp³-hybridized carbons (Fsp3) is 0.125. The number of hydrogen-bond donors (Lipinski definition) is 1. The average molecular weight is 345 g/mol. The highest BCUT2D eigenvalue weighted by Crippen LogP contribution is 2.34. The van der Waals surface area contributed by atoms with Crippen LogP contribution < -0.4 is 4.74 Å². The van der Waals surface area contributed by atoms with Gasteiger partial charge in [-0.25, -0.2) is 0 Å². The largest absolute Gasteiger partial charge is 0.573 e. The number of nitrogens with one attached hydrogen (secondary N) is 1. The first-order valence-electron chi connectivity index (χ1n) is 6.68. The number of halogens is 6. The fourth-order valence-corrected chi connectivity index (χ4v) is 2.33. The fourth-order valence-electron chi connectivity index (χ4n) is 2.33. The zero-order valence-electron chi connectivity index (χ0n) is 11.8. The number of alkyl halides is 6. The van der Waals surface area contributed by atoms with Gasteiger partial charge < -0.3 is 9.72 Å². The predicted octanol–water partition coefficient (Wildman–Crippen LogP) is 5.75. The molecule has 0 saturated carbocycles. The molecule has 24 heavy (non-hydrogen) atoms. The molecule has 0 aliphatic rings. The van der Waals surface area contributed by atoms with Crippen LogP contribution in [0.25, 0.3) is 22.2 Å². The molecule has 3 aromatic rings. The summed E-state index contributed by atoms with van der Waals surface area (Å²) < 4.78 is 78.8. The zero-order chi connectivity index (χ0) is 17.5. The van der Waals surface area contributed by atoms with Gasteiger partial charge in [0.05, 0.1) is 5.56 Å². The van der Waals surface area contributed by atoms with Crippen molar-refractivity contribution in [2.24, 2.45) is 0 Å². The van der Waals surface area contributed by atoms with Gasteiger partial charge in [0.1, 0.15) is 5.75 Å². The lowest BCUT2D eigenvalue weighted by Crippen LogP contribution is -2.17. The Bertz CT molecular complexity index is 878. The van der Waals surface area contributed by atoms with Gasteiger partial charge in [0.2, 0.25) is 0 Å². The van der Waals surface area contributed by atoms with E-state index in [-0.39, 0.29) is 0 Å². The van der Waals surface area contributed by atoms with Gasteiger partial charge in [-0.15, -0.1) is 13.2 Å². The standard InChI is InChI=1S/C16H9F6NO/c17-15(18,19)11-4-5-13-10(6-11)8-14(23-13)9-2-1-3-12(7-9)24-16(20,21)22/h1-8,23H. The molecule has 0 spiro atoms. The second-order valence-corrected chi connectivity index (χ2v) is 5.06. The van der Waals surface area contributed by atoms with Crippen molar-refractivity contribution in [3.05, 3.63) is 54.1 Å². The topological polar surface area (TPSA) is 25.0 Å². The molecule has 2 aromatic carbocycles. The second-order valence-electron chi connectivity index (χ2n) is 5.06. The number of hydrogen-bond acceptors (Lipinski definition) is 1. The Morgan fingerprint density at radius 1 is 0.833 bits per heavy atom. The zero-order valence-corrected chi connectivity index (χ0v) is 11.8. The van der Waals surface area contributed by atoms with Crippen LogP contribution in [0.1, 0.15) is 5.56 Å². The molecule has 3 rings (SSSR count). The molecule has 1 heterocycles. The molecule has 0 bridgehead atoms. The van der Waals surface area contributed by atoms with Crippen LogP contribution >= 0.6 is 0 Å². The van der Waals surface area contributed by atoms with Crippen LogP contribution in [0.4, 0.5) is 26.3 Å². The van der Waals surface area contributed by atoms with Gasteiger partial charge in [-0.05, 0) is 36.4 Å². The monoisotopic (exact) mass is 345 g/mol. The third-order valence-electron chi connectivity index (χ3n) is 3.33. The number of aromatic nitrogens is 1. The van der Waals surface area contributed by atoms with Crippen LogP contribution in [-0.2, 0) is 6.18 Å². The van der Waals surface area contributed by atoms with E-state index in [1.54, 1.807) is 0 Å². The third-order valence-corrected chi connectivity index (χ3v) is 3.33. The van der Waals surface area contributed by atoms with Gasteiger partial charge >= 0.3 is 12.5 Å². The summed E-state index contributed by atoms with van der Waals surface area (Å²) >= 11 is 0. The molecule has 0 aliphatic heterocycles. The molecular formula is C16H9F6NO. The van der Waals surface area contributed by atoms with E-state index in [0.29, 0.717) is 22.2 Å². The predicted molar refractivity (Wildman–Crippen MR) is 75.4 cm³/mol. The molecule has 1 aromatic heterocycles. The van der Waals surface area contributed by atoms with Crippen molar-refractivity contribution in [3.63, 3.8) is 0 Å². The summed E-state index contributed by atoms with van der Waals surface area (Å²) in [5.41, 5.74) is 0.397. The quantitative estimate of drug-likeness (QED) is 0.588. The van der Waals surface area contributed by atoms with Gasteiger partial charge in [-0.2, -0.15) is 13.2 Å². The summed E-state index contributed by atoms with van der Waals surface area (Å²) in [6.07, 6.45) is -9.28. The van der Waals surface area contributed by atoms with Crippen molar-refractivity contribution in [2.45, 2.75) is 12.5 Å². The van der Waals surface area contributed by atoms with Crippen molar-refractivity contribution >= 4 is 10.9 Å². The van der Waals surface area contributed by atoms with Crippen molar-refractivity contribution in [1.29, 1.82) is 0 Å². The van der Waals surface area contributed by atoms with Crippen molar-refractivity contribution < 1.29 is 31.1 Å². The summed E-state index contributed by atoms with van der Waals surface area (Å²) in [5, 5.41) is 0.307. The lowest BCUT2D eigenvalue weighted by molar-refractivity contribution is -0.274. The van der Waals surface area contributed by atoms with E-state index >= 15 is 0 Å². The number of H-pyrrole nitrogens is 1. The minimum absolute atomic E-state index is 0.307. The van der Waals surface area contributed by atoms with Crippen LogP contribution in [0.2, 0.25) is 0 Å². The van der Waals surface area contributed by atoms with Crippen molar-refractivity contribution in [1.82, 2.24) is 4.98 Å². The van der Waals surface area contributed by atoms with E-state index in [0.717, 1.165) is 24.3 Å². The highest BCUT2D eigenvalue weighted by molar-refractivity contribution is 5.86. The van der Waals surface area contributed by atoms with E-state index in [4.69, 9.17) is 0 Å². The van der Waals surface area contributed by atoms with E-state index in [1.807, 2.05) is 0 Å². The Morgan fingerprint density at radius 3 is 2.25 bits per heavy atom. The molecule has 0 unspecified atom stereocenters. The molecule has 0 radical (unpaired) electrons. The number of rotatable bonds is 2. The number of benzene rings is 2. The molecule has 0 atom stereocenters. The Hall–Kier alpha value is -2.64. The average Bonchev–Trinajstić information content (AvgIpc) is 2.87. The maximum atomic E-state index is 12.7. The van der Waals surface area contributed by atoms with Crippen LogP contribution in [0.5, 0.6) is 5.75 Å². The maximum Gasteiger partial charge on any atom is 0.573 e. The molecule has 126 valence electrons. The normalized spacial score (nSPS) is 12.6. The van der Waals surface area contributed by atoms with Crippen molar-refractivity contribution in [2.75, 3.05) is 0 Å². The smallest absolute Gasteiger partial charge is 0.406 e. The number of aromatic amines is 1. The minimum Gasteiger partial charge on any atom is -0.406 e. The molecule has 8 heteroatoms. The third kappa shape index (κ3) is 3.47. The van der Waals surface area contributed by atoms with Gasteiger partial charge in [0.15, 0.2) is 0 Å². The first-order valence-corrected chi connectivity index (χ1v) is 6.68. The summed E-state index contributed by atoms with van der Waals surface area (Å²) in [5.74, 6) is -0.408. The molecular weight excluding hydrogens is 336 g/mol. The Kier molecular flexibility index (Phi) is 3.70. The van der Waals surface area contributed by atoms with Gasteiger partial charge in [0.25, 0.3) is 0 Å². The summed E-state index contributed by atoms with van der Waals surface area (Å²) in [6.45, 7) is 0.